The van der Waals surface area contributed by atoms with Gasteiger partial charge in [-0.25, -0.2) is 4.79 Å². The monoisotopic (exact) mass is 422 g/mol. The van der Waals surface area contributed by atoms with Gasteiger partial charge in [-0.3, -0.25) is 0 Å². The summed E-state index contributed by atoms with van der Waals surface area (Å²) in [7, 11) is 1.15. The van der Waals surface area contributed by atoms with Crippen LogP contribution >= 0.6 is 0 Å². The molecule has 0 amide bonds. The fourth-order valence-electron chi connectivity index (χ4n) is 4.18. The van der Waals surface area contributed by atoms with Crippen LogP contribution in [0.25, 0.3) is 0 Å². The van der Waals surface area contributed by atoms with Crippen LogP contribution in [0.4, 0.5) is 0 Å². The molecule has 2 heterocycles. The first-order valence-electron chi connectivity index (χ1n) is 9.10. The number of hydrogen-bond acceptors (Lipinski definition) is 12. The van der Waals surface area contributed by atoms with Crippen LogP contribution in [0, 0.1) is 11.8 Å². The zero-order chi connectivity index (χ0) is 21.5. The van der Waals surface area contributed by atoms with E-state index in [1.165, 1.54) is 0 Å². The van der Waals surface area contributed by atoms with E-state index in [4.69, 9.17) is 14.2 Å². The molecule has 7 N–H and O–H groups in total. The van der Waals surface area contributed by atoms with Crippen molar-refractivity contribution in [2.24, 2.45) is 11.8 Å². The normalized spacial score (nSPS) is 47.2. The molecule has 0 aromatic heterocycles. The molecule has 2 aliphatic heterocycles. The van der Waals surface area contributed by atoms with Crippen LogP contribution < -0.4 is 0 Å². The lowest BCUT2D eigenvalue weighted by Gasteiger charge is -2.44. The maximum atomic E-state index is 12.0. The molecular formula is C17H26O12. The first-order valence-corrected chi connectivity index (χ1v) is 9.10. The van der Waals surface area contributed by atoms with E-state index in [0.717, 1.165) is 13.4 Å². The number of fused-ring (bicyclic) bond motifs is 1. The number of esters is 1. The average molecular weight is 422 g/mol. The number of aliphatic hydroxyl groups excluding tert-OH is 6. The van der Waals surface area contributed by atoms with E-state index in [1.807, 2.05) is 0 Å². The van der Waals surface area contributed by atoms with Gasteiger partial charge in [-0.1, -0.05) is 0 Å². The predicted octanol–water partition coefficient (Wildman–Crippen LogP) is -4.06. The number of rotatable bonds is 5. The van der Waals surface area contributed by atoms with E-state index >= 15 is 0 Å². The molecular weight excluding hydrogens is 396 g/mol. The summed E-state index contributed by atoms with van der Waals surface area (Å²) in [5.74, 6) is -2.71. The van der Waals surface area contributed by atoms with E-state index in [0.29, 0.717) is 0 Å². The second kappa shape index (κ2) is 8.41. The molecule has 3 rings (SSSR count). The van der Waals surface area contributed by atoms with Crippen LogP contribution in [0.15, 0.2) is 11.8 Å². The summed E-state index contributed by atoms with van der Waals surface area (Å²) in [6.45, 7) is -1.55. The van der Waals surface area contributed by atoms with Gasteiger partial charge in [-0.05, 0) is 6.42 Å². The van der Waals surface area contributed by atoms with E-state index in [2.05, 4.69) is 4.74 Å². The smallest absolute Gasteiger partial charge is 0.337 e. The summed E-state index contributed by atoms with van der Waals surface area (Å²) in [6, 6.07) is 0. The zero-order valence-corrected chi connectivity index (χ0v) is 15.6. The van der Waals surface area contributed by atoms with Crippen molar-refractivity contribution >= 4 is 5.97 Å². The van der Waals surface area contributed by atoms with Crippen molar-refractivity contribution in [2.45, 2.75) is 55.1 Å². The van der Waals surface area contributed by atoms with Crippen molar-refractivity contribution in [3.63, 3.8) is 0 Å². The van der Waals surface area contributed by atoms with E-state index in [9.17, 15) is 40.5 Å². The summed E-state index contributed by atoms with van der Waals surface area (Å²) >= 11 is 0. The summed E-state index contributed by atoms with van der Waals surface area (Å²) in [4.78, 5) is 12.0. The highest BCUT2D eigenvalue weighted by atomic mass is 16.8. The number of methoxy groups -OCH3 is 1. The lowest BCUT2D eigenvalue weighted by Crippen LogP contribution is -2.61. The maximum Gasteiger partial charge on any atom is 0.337 e. The number of aliphatic hydroxyl groups is 7. The van der Waals surface area contributed by atoms with E-state index in [-0.39, 0.29) is 12.0 Å². The Kier molecular flexibility index (Phi) is 6.48. The van der Waals surface area contributed by atoms with Crippen LogP contribution in [0.1, 0.15) is 6.42 Å². The molecule has 0 radical (unpaired) electrons. The number of carbonyl (C=O) groups excluding carboxylic acids is 1. The van der Waals surface area contributed by atoms with Crippen LogP contribution in [-0.4, -0.2) is 111 Å². The quantitative estimate of drug-likeness (QED) is 0.212. The zero-order valence-electron chi connectivity index (χ0n) is 15.6. The Labute approximate surface area is 165 Å². The molecule has 0 spiro atoms. The Balaban J connectivity index is 1.88. The summed E-state index contributed by atoms with van der Waals surface area (Å²) in [6.07, 6.45) is -9.72. The standard InChI is InChI=1S/C17H26O12/c1-26-14(24)7-4-27-15(10-6(7)2-9(20)17(10,25)5-19)29-16-13(23)12(22)11(21)8(3-18)28-16/h4,6,8-13,15-16,18-23,25H,2-3,5H2,1H3/t6-,8-,9-,10-,11-,12+,13-,15+,16+,17+/m1/s1. The van der Waals surface area contributed by atoms with Gasteiger partial charge in [0.25, 0.3) is 0 Å². The Morgan fingerprint density at radius 1 is 1.17 bits per heavy atom. The minimum Gasteiger partial charge on any atom is -0.471 e. The lowest BCUT2D eigenvalue weighted by molar-refractivity contribution is -0.348. The Hall–Kier alpha value is -1.35. The van der Waals surface area contributed by atoms with Crippen molar-refractivity contribution in [3.8, 4) is 0 Å². The SMILES string of the molecule is COC(=O)C1=CO[C@@H](O[C@@H]2O[C@H](CO)[C@@H](O)[C@H](O)[C@H]2O)[C@H]2[C@@H]1C[C@@H](O)[C@@]2(O)CO. The fraction of sp³-hybridized carbons (Fsp3) is 0.824. The lowest BCUT2D eigenvalue weighted by atomic mass is 9.80. The largest absolute Gasteiger partial charge is 0.471 e. The van der Waals surface area contributed by atoms with Crippen LogP contribution in [0.3, 0.4) is 0 Å². The molecule has 0 aromatic carbocycles. The highest BCUT2D eigenvalue weighted by Gasteiger charge is 2.62. The molecule has 0 unspecified atom stereocenters. The Morgan fingerprint density at radius 2 is 1.86 bits per heavy atom. The number of hydrogen-bond donors (Lipinski definition) is 7. The van der Waals surface area contributed by atoms with Crippen LogP contribution in [-0.2, 0) is 23.7 Å². The third-order valence-electron chi connectivity index (χ3n) is 5.88. The minimum absolute atomic E-state index is 0.0228. The van der Waals surface area contributed by atoms with Gasteiger partial charge in [0, 0.05) is 5.92 Å². The Morgan fingerprint density at radius 3 is 2.45 bits per heavy atom. The highest BCUT2D eigenvalue weighted by molar-refractivity contribution is 5.89. The highest BCUT2D eigenvalue weighted by Crippen LogP contribution is 2.49. The molecule has 12 heteroatoms. The van der Waals surface area contributed by atoms with E-state index in [1.54, 1.807) is 0 Å². The van der Waals surface area contributed by atoms with Gasteiger partial charge < -0.3 is 54.7 Å². The van der Waals surface area contributed by atoms with Crippen molar-refractivity contribution in [2.75, 3.05) is 20.3 Å². The first kappa shape index (κ1) is 22.3. The molecule has 29 heavy (non-hydrogen) atoms. The maximum absolute atomic E-state index is 12.0. The van der Waals surface area contributed by atoms with Crippen molar-refractivity contribution < 1.29 is 59.5 Å². The van der Waals surface area contributed by atoms with Crippen LogP contribution in [0.5, 0.6) is 0 Å². The van der Waals surface area contributed by atoms with Gasteiger partial charge in [0.05, 0.1) is 44.2 Å². The second-order valence-electron chi connectivity index (χ2n) is 7.44. The second-order valence-corrected chi connectivity index (χ2v) is 7.44. The molecule has 1 aliphatic carbocycles. The van der Waals surface area contributed by atoms with Crippen molar-refractivity contribution in [1.82, 2.24) is 0 Å². The topological polar surface area (TPSA) is 196 Å². The molecule has 1 saturated heterocycles. The van der Waals surface area contributed by atoms with Crippen molar-refractivity contribution in [3.05, 3.63) is 11.8 Å². The number of carbonyl (C=O) groups is 1. The van der Waals surface area contributed by atoms with E-state index < -0.39 is 79.7 Å². The molecule has 10 atom stereocenters. The molecule has 3 aliphatic rings. The Bertz CT molecular complexity index is 638. The molecule has 12 nitrogen and oxygen atoms in total. The summed E-state index contributed by atoms with van der Waals surface area (Å²) < 4.78 is 20.9. The predicted molar refractivity (Wildman–Crippen MR) is 89.5 cm³/mol. The molecule has 1 saturated carbocycles. The molecule has 2 fully saturated rings. The number of ether oxygens (including phenoxy) is 4. The van der Waals surface area contributed by atoms with Gasteiger partial charge in [0.1, 0.15) is 30.0 Å². The van der Waals surface area contributed by atoms with Crippen molar-refractivity contribution in [1.29, 1.82) is 0 Å². The third-order valence-corrected chi connectivity index (χ3v) is 5.88. The molecule has 0 aromatic rings. The minimum atomic E-state index is -2.10. The van der Waals surface area contributed by atoms with Gasteiger partial charge >= 0.3 is 5.97 Å². The molecule has 166 valence electrons. The van der Waals surface area contributed by atoms with Gasteiger partial charge in [0.15, 0.2) is 6.29 Å². The summed E-state index contributed by atoms with van der Waals surface area (Å²) in [5, 5.41) is 70.0. The summed E-state index contributed by atoms with van der Waals surface area (Å²) in [5.41, 5.74) is -2.08. The van der Waals surface area contributed by atoms with Gasteiger partial charge in [0.2, 0.25) is 6.29 Å². The van der Waals surface area contributed by atoms with Gasteiger partial charge in [-0.2, -0.15) is 0 Å². The fourth-order valence-corrected chi connectivity index (χ4v) is 4.18. The average Bonchev–Trinajstić information content (AvgIpc) is 2.99. The first-order chi connectivity index (χ1) is 13.7. The third kappa shape index (κ3) is 3.65. The van der Waals surface area contributed by atoms with Crippen LogP contribution in [0.2, 0.25) is 0 Å². The van der Waals surface area contributed by atoms with Gasteiger partial charge in [-0.15, -0.1) is 0 Å². The molecule has 0 bridgehead atoms.